The first-order valence-electron chi connectivity index (χ1n) is 7.06. The second-order valence-corrected chi connectivity index (χ2v) is 5.29. The molecule has 0 aliphatic rings. The summed E-state index contributed by atoms with van der Waals surface area (Å²) in [5.74, 6) is 0.944. The molecule has 1 aromatic heterocycles. The Bertz CT molecular complexity index is 612. The quantitative estimate of drug-likeness (QED) is 0.800. The Morgan fingerprint density at radius 1 is 1.48 bits per heavy atom. The van der Waals surface area contributed by atoms with Crippen LogP contribution in [0.3, 0.4) is 0 Å². The monoisotopic (exact) mass is 309 g/mol. The third-order valence-electron chi connectivity index (χ3n) is 3.27. The second kappa shape index (κ2) is 7.43. The zero-order chi connectivity index (χ0) is 15.2. The van der Waals surface area contributed by atoms with E-state index < -0.39 is 0 Å². The Labute approximate surface area is 129 Å². The fourth-order valence-electron chi connectivity index (χ4n) is 2.05. The summed E-state index contributed by atoms with van der Waals surface area (Å²) in [7, 11) is 1.80. The van der Waals surface area contributed by atoms with Crippen molar-refractivity contribution in [1.29, 1.82) is 0 Å². The van der Waals surface area contributed by atoms with E-state index in [0.29, 0.717) is 37.6 Å². The van der Waals surface area contributed by atoms with Crippen molar-refractivity contribution >= 4 is 28.5 Å². The average Bonchev–Trinajstić information content (AvgIpc) is 2.86. The molecule has 1 N–H and O–H groups in total. The molecule has 114 valence electrons. The van der Waals surface area contributed by atoms with E-state index in [1.165, 1.54) is 0 Å². The number of nitrogens with zero attached hydrogens (tertiary/aromatic N) is 2. The number of ether oxygens (including phenoxy) is 1. The van der Waals surface area contributed by atoms with Crippen LogP contribution in [0.25, 0.3) is 11.0 Å². The normalized spacial score (nSPS) is 11.0. The van der Waals surface area contributed by atoms with Gasteiger partial charge in [0, 0.05) is 31.6 Å². The summed E-state index contributed by atoms with van der Waals surface area (Å²) in [4.78, 5) is 21.3. The van der Waals surface area contributed by atoms with E-state index in [9.17, 15) is 4.79 Å². The number of rotatable bonds is 7. The van der Waals surface area contributed by atoms with Crippen LogP contribution in [-0.4, -0.2) is 47.6 Å². The number of halogens is 1. The number of likely N-dealkylation sites (N-methyl/N-ethyl adjacent to an activating group) is 1. The first-order valence-corrected chi connectivity index (χ1v) is 7.43. The molecular formula is C15H20ClN3O2. The lowest BCUT2D eigenvalue weighted by Crippen LogP contribution is -2.29. The maximum atomic E-state index is 11.9. The molecule has 0 spiro atoms. The number of hydrogen-bond donors (Lipinski definition) is 1. The smallest absolute Gasteiger partial charge is 0.224 e. The molecular weight excluding hydrogens is 290 g/mol. The van der Waals surface area contributed by atoms with Crippen molar-refractivity contribution in [3.63, 3.8) is 0 Å². The lowest BCUT2D eigenvalue weighted by Gasteiger charge is -2.16. The predicted octanol–water partition coefficient (Wildman–Crippen LogP) is 2.64. The molecule has 5 nitrogen and oxygen atoms in total. The molecule has 0 saturated carbocycles. The van der Waals surface area contributed by atoms with E-state index in [-0.39, 0.29) is 5.91 Å². The summed E-state index contributed by atoms with van der Waals surface area (Å²) in [5, 5.41) is 0.681. The van der Waals surface area contributed by atoms with Crippen molar-refractivity contribution in [2.75, 3.05) is 26.8 Å². The van der Waals surface area contributed by atoms with Crippen LogP contribution in [0.1, 0.15) is 19.2 Å². The lowest BCUT2D eigenvalue weighted by molar-refractivity contribution is -0.130. The van der Waals surface area contributed by atoms with Crippen LogP contribution in [-0.2, 0) is 16.0 Å². The van der Waals surface area contributed by atoms with E-state index in [2.05, 4.69) is 9.97 Å². The summed E-state index contributed by atoms with van der Waals surface area (Å²) in [5.41, 5.74) is 1.81. The van der Waals surface area contributed by atoms with E-state index in [1.54, 1.807) is 11.9 Å². The minimum absolute atomic E-state index is 0.0857. The molecule has 0 bridgehead atoms. The zero-order valence-corrected chi connectivity index (χ0v) is 13.1. The number of amides is 1. The van der Waals surface area contributed by atoms with Crippen LogP contribution in [0.5, 0.6) is 0 Å². The van der Waals surface area contributed by atoms with E-state index in [4.69, 9.17) is 16.3 Å². The molecule has 21 heavy (non-hydrogen) atoms. The standard InChI is InChI=1S/C15H20ClN3O2/c1-3-21-9-7-15(20)19(2)8-6-14-17-12-5-4-11(16)10-13(12)18-14/h4-5,10H,3,6-9H2,1-2H3,(H,17,18). The highest BCUT2D eigenvalue weighted by Gasteiger charge is 2.10. The van der Waals surface area contributed by atoms with Gasteiger partial charge >= 0.3 is 0 Å². The molecule has 2 rings (SSSR count). The first-order chi connectivity index (χ1) is 10.1. The summed E-state index contributed by atoms with van der Waals surface area (Å²) in [6.45, 7) is 3.65. The van der Waals surface area contributed by atoms with Crippen molar-refractivity contribution in [2.24, 2.45) is 0 Å². The van der Waals surface area contributed by atoms with Gasteiger partial charge in [-0.15, -0.1) is 0 Å². The van der Waals surface area contributed by atoms with Crippen molar-refractivity contribution in [3.8, 4) is 0 Å². The number of aromatic amines is 1. The number of H-pyrrole nitrogens is 1. The molecule has 0 radical (unpaired) electrons. The molecule has 0 fully saturated rings. The molecule has 2 aromatic rings. The third-order valence-corrected chi connectivity index (χ3v) is 3.50. The third kappa shape index (κ3) is 4.44. The Balaban J connectivity index is 1.87. The van der Waals surface area contributed by atoms with Crippen molar-refractivity contribution in [3.05, 3.63) is 29.0 Å². The van der Waals surface area contributed by atoms with Gasteiger partial charge in [-0.3, -0.25) is 4.79 Å². The number of fused-ring (bicyclic) bond motifs is 1. The molecule has 0 aliphatic heterocycles. The van der Waals surface area contributed by atoms with Crippen molar-refractivity contribution in [2.45, 2.75) is 19.8 Å². The number of imidazole rings is 1. The summed E-state index contributed by atoms with van der Waals surface area (Å²) in [6.07, 6.45) is 1.10. The highest BCUT2D eigenvalue weighted by atomic mass is 35.5. The Hall–Kier alpha value is -1.59. The number of aromatic nitrogens is 2. The molecule has 1 amide bonds. The molecule has 6 heteroatoms. The van der Waals surface area contributed by atoms with E-state index >= 15 is 0 Å². The van der Waals surface area contributed by atoms with Gasteiger partial charge in [-0.05, 0) is 25.1 Å². The SMILES string of the molecule is CCOCCC(=O)N(C)CCc1nc2ccc(Cl)cc2[nH]1. The van der Waals surface area contributed by atoms with Crippen LogP contribution in [0.4, 0.5) is 0 Å². The maximum Gasteiger partial charge on any atom is 0.224 e. The highest BCUT2D eigenvalue weighted by Crippen LogP contribution is 2.17. The van der Waals surface area contributed by atoms with Crippen LogP contribution in [0, 0.1) is 0 Å². The van der Waals surface area contributed by atoms with Crippen LogP contribution in [0.15, 0.2) is 18.2 Å². The summed E-state index contributed by atoms with van der Waals surface area (Å²) >= 11 is 5.94. The molecule has 1 aromatic carbocycles. The van der Waals surface area contributed by atoms with E-state index in [1.807, 2.05) is 25.1 Å². The average molecular weight is 310 g/mol. The van der Waals surface area contributed by atoms with Gasteiger partial charge in [-0.1, -0.05) is 11.6 Å². The number of carbonyl (C=O) groups is 1. The van der Waals surface area contributed by atoms with Crippen LogP contribution >= 0.6 is 11.6 Å². The number of carbonyl (C=O) groups excluding carboxylic acids is 1. The predicted molar refractivity (Wildman–Crippen MR) is 83.6 cm³/mol. The second-order valence-electron chi connectivity index (χ2n) is 4.86. The zero-order valence-electron chi connectivity index (χ0n) is 12.4. The van der Waals surface area contributed by atoms with Gasteiger partial charge in [0.15, 0.2) is 0 Å². The Morgan fingerprint density at radius 3 is 3.05 bits per heavy atom. The molecule has 1 heterocycles. The van der Waals surface area contributed by atoms with Crippen molar-refractivity contribution in [1.82, 2.24) is 14.9 Å². The Morgan fingerprint density at radius 2 is 2.29 bits per heavy atom. The molecule has 0 unspecified atom stereocenters. The summed E-state index contributed by atoms with van der Waals surface area (Å²) in [6, 6.07) is 5.55. The van der Waals surface area contributed by atoms with Crippen molar-refractivity contribution < 1.29 is 9.53 Å². The van der Waals surface area contributed by atoms with Gasteiger partial charge in [-0.2, -0.15) is 0 Å². The van der Waals surface area contributed by atoms with Gasteiger partial charge in [-0.25, -0.2) is 4.98 Å². The number of hydrogen-bond acceptors (Lipinski definition) is 3. The topological polar surface area (TPSA) is 58.2 Å². The van der Waals surface area contributed by atoms with Gasteiger partial charge in [0.1, 0.15) is 5.82 Å². The number of benzene rings is 1. The van der Waals surface area contributed by atoms with Crippen LogP contribution in [0.2, 0.25) is 5.02 Å². The minimum Gasteiger partial charge on any atom is -0.381 e. The fourth-order valence-corrected chi connectivity index (χ4v) is 2.22. The van der Waals surface area contributed by atoms with Crippen LogP contribution < -0.4 is 0 Å². The van der Waals surface area contributed by atoms with Gasteiger partial charge in [0.25, 0.3) is 0 Å². The van der Waals surface area contributed by atoms with Gasteiger partial charge in [0.2, 0.25) is 5.91 Å². The fraction of sp³-hybridized carbons (Fsp3) is 0.467. The lowest BCUT2D eigenvalue weighted by atomic mass is 10.3. The van der Waals surface area contributed by atoms with E-state index in [0.717, 1.165) is 16.9 Å². The first kappa shape index (κ1) is 15.8. The van der Waals surface area contributed by atoms with Gasteiger partial charge < -0.3 is 14.6 Å². The highest BCUT2D eigenvalue weighted by molar-refractivity contribution is 6.31. The maximum absolute atomic E-state index is 11.9. The largest absolute Gasteiger partial charge is 0.381 e. The minimum atomic E-state index is 0.0857. The number of nitrogens with one attached hydrogen (secondary N) is 1. The Kier molecular flexibility index (Phi) is 5.59. The summed E-state index contributed by atoms with van der Waals surface area (Å²) < 4.78 is 5.19. The molecule has 0 aliphatic carbocycles. The van der Waals surface area contributed by atoms with Gasteiger partial charge in [0.05, 0.1) is 24.1 Å². The molecule has 0 saturated heterocycles. The molecule has 0 atom stereocenters.